The monoisotopic (exact) mass is 513 g/mol. The number of nitrogens with one attached hydrogen (secondary N) is 1. The topological polar surface area (TPSA) is 70.9 Å². The molecule has 2 aromatic rings. The number of ketones is 1. The van der Waals surface area contributed by atoms with Crippen LogP contribution in [0.4, 0.5) is 5.69 Å². The average Bonchev–Trinajstić information content (AvgIpc) is 2.71. The maximum Gasteiger partial charge on any atom is 0.240 e. The summed E-state index contributed by atoms with van der Waals surface area (Å²) in [7, 11) is 0. The summed E-state index contributed by atoms with van der Waals surface area (Å²) in [5.74, 6) is 0.187. The molecule has 0 spiro atoms. The summed E-state index contributed by atoms with van der Waals surface area (Å²) in [6.07, 6.45) is 3.52. The second-order valence-electron chi connectivity index (χ2n) is 7.99. The minimum Gasteiger partial charge on any atom is -0.299 e. The molecule has 154 valence electrons. The molecule has 1 aliphatic heterocycles. The van der Waals surface area contributed by atoms with Crippen molar-refractivity contribution >= 4 is 51.4 Å². The molecule has 2 aromatic carbocycles. The van der Waals surface area contributed by atoms with Crippen molar-refractivity contribution in [1.29, 1.82) is 0 Å². The summed E-state index contributed by atoms with van der Waals surface area (Å²) in [6.45, 7) is 2.01. The molecule has 6 heteroatoms. The number of hydrazone groups is 1. The number of Topliss-reactive ketones (excluding diaryl/α,β-unsaturated/α-hetero) is 1. The van der Waals surface area contributed by atoms with E-state index in [4.69, 9.17) is 4.99 Å². The predicted octanol–water partition coefficient (Wildman–Crippen LogP) is 4.84. The lowest BCUT2D eigenvalue weighted by Gasteiger charge is -2.23. The van der Waals surface area contributed by atoms with Gasteiger partial charge in [-0.25, -0.2) is 5.43 Å². The van der Waals surface area contributed by atoms with Crippen molar-refractivity contribution in [1.82, 2.24) is 5.43 Å². The summed E-state index contributed by atoms with van der Waals surface area (Å²) in [6, 6.07) is 16.2. The number of carbonyl (C=O) groups excluding carboxylic acids is 2. The average molecular weight is 513 g/mol. The van der Waals surface area contributed by atoms with Gasteiger partial charge in [-0.05, 0) is 77.2 Å². The third-order valence-electron chi connectivity index (χ3n) is 5.67. The Morgan fingerprint density at radius 2 is 1.93 bits per heavy atom. The van der Waals surface area contributed by atoms with Gasteiger partial charge in [0.15, 0.2) is 0 Å². The predicted molar refractivity (Wildman–Crippen MR) is 127 cm³/mol. The molecule has 2 aliphatic rings. The minimum absolute atomic E-state index is 0.0459. The molecule has 0 saturated heterocycles. The fourth-order valence-electron chi connectivity index (χ4n) is 4.12. The van der Waals surface area contributed by atoms with E-state index in [1.165, 1.54) is 9.13 Å². The maximum absolute atomic E-state index is 12.7. The van der Waals surface area contributed by atoms with Crippen molar-refractivity contribution in [3.8, 4) is 0 Å². The SMILES string of the molecule is C[C@@H]1CC(=O)NN=C1c1ccc(N=C2CCCC(=O)C2Cc2cccc(I)c2)cc1. The maximum atomic E-state index is 12.7. The van der Waals surface area contributed by atoms with Gasteiger partial charge in [-0.15, -0.1) is 0 Å². The zero-order chi connectivity index (χ0) is 21.1. The molecule has 2 atom stereocenters. The molecule has 1 amide bonds. The number of halogens is 1. The fourth-order valence-corrected chi connectivity index (χ4v) is 4.73. The van der Waals surface area contributed by atoms with E-state index in [2.05, 4.69) is 51.3 Å². The van der Waals surface area contributed by atoms with Crippen molar-refractivity contribution in [3.63, 3.8) is 0 Å². The number of rotatable bonds is 4. The highest BCUT2D eigenvalue weighted by Gasteiger charge is 2.28. The molecule has 1 unspecified atom stereocenters. The van der Waals surface area contributed by atoms with Crippen LogP contribution in [0.1, 0.15) is 43.7 Å². The van der Waals surface area contributed by atoms with Gasteiger partial charge in [-0.1, -0.05) is 31.2 Å². The smallest absolute Gasteiger partial charge is 0.240 e. The first-order valence-electron chi connectivity index (χ1n) is 10.3. The molecule has 1 N–H and O–H groups in total. The molecule has 1 saturated carbocycles. The summed E-state index contributed by atoms with van der Waals surface area (Å²) in [5, 5.41) is 4.22. The molecule has 1 aliphatic carbocycles. The van der Waals surface area contributed by atoms with Crippen LogP contribution >= 0.6 is 22.6 Å². The van der Waals surface area contributed by atoms with Crippen molar-refractivity contribution in [2.45, 2.75) is 39.0 Å². The number of hydrogen-bond donors (Lipinski definition) is 1. The highest BCUT2D eigenvalue weighted by atomic mass is 127. The number of benzene rings is 2. The Balaban J connectivity index is 1.56. The quantitative estimate of drug-likeness (QED) is 0.595. The molecule has 30 heavy (non-hydrogen) atoms. The van der Waals surface area contributed by atoms with Gasteiger partial charge in [0.2, 0.25) is 5.91 Å². The van der Waals surface area contributed by atoms with Crippen LogP contribution in [0.15, 0.2) is 58.6 Å². The van der Waals surface area contributed by atoms with E-state index < -0.39 is 0 Å². The number of nitrogens with zero attached hydrogens (tertiary/aromatic N) is 2. The van der Waals surface area contributed by atoms with Crippen LogP contribution in [0, 0.1) is 15.4 Å². The third-order valence-corrected chi connectivity index (χ3v) is 6.34. The first-order chi connectivity index (χ1) is 14.5. The number of hydrogen-bond acceptors (Lipinski definition) is 4. The summed E-state index contributed by atoms with van der Waals surface area (Å²) < 4.78 is 1.18. The van der Waals surface area contributed by atoms with Crippen molar-refractivity contribution in [2.24, 2.45) is 21.9 Å². The molecule has 1 heterocycles. The highest BCUT2D eigenvalue weighted by molar-refractivity contribution is 14.1. The van der Waals surface area contributed by atoms with E-state index in [0.29, 0.717) is 19.3 Å². The summed E-state index contributed by atoms with van der Waals surface area (Å²) >= 11 is 2.30. The Hall–Kier alpha value is -2.35. The van der Waals surface area contributed by atoms with Crippen LogP contribution in [-0.4, -0.2) is 23.1 Å². The molecule has 1 fully saturated rings. The van der Waals surface area contributed by atoms with Crippen LogP contribution in [-0.2, 0) is 16.0 Å². The van der Waals surface area contributed by atoms with E-state index in [0.717, 1.165) is 35.5 Å². The zero-order valence-corrected chi connectivity index (χ0v) is 19.1. The first kappa shape index (κ1) is 20.9. The van der Waals surface area contributed by atoms with Crippen molar-refractivity contribution in [2.75, 3.05) is 0 Å². The number of amides is 1. The van der Waals surface area contributed by atoms with Crippen LogP contribution in [0.5, 0.6) is 0 Å². The molecular weight excluding hydrogens is 489 g/mol. The lowest BCUT2D eigenvalue weighted by atomic mass is 9.82. The molecule has 4 rings (SSSR count). The number of aliphatic imine (C=N–C) groups is 1. The first-order valence-corrected chi connectivity index (χ1v) is 11.4. The zero-order valence-electron chi connectivity index (χ0n) is 16.9. The van der Waals surface area contributed by atoms with Crippen LogP contribution < -0.4 is 5.43 Å². The summed E-state index contributed by atoms with van der Waals surface area (Å²) in [5.41, 5.74) is 7.45. The standard InChI is InChI=1S/C24H24IN3O2/c1-15-12-23(30)27-28-24(15)17-8-10-19(11-9-17)26-21-6-3-7-22(29)20(21)14-16-4-2-5-18(25)13-16/h2,4-5,8-11,13,15,20H,3,6-7,12,14H2,1H3,(H,27,30)/t15-,20?/m1/s1. The van der Waals surface area contributed by atoms with Gasteiger partial charge < -0.3 is 0 Å². The molecule has 5 nitrogen and oxygen atoms in total. The lowest BCUT2D eigenvalue weighted by Crippen LogP contribution is -2.31. The van der Waals surface area contributed by atoms with Crippen LogP contribution in [0.3, 0.4) is 0 Å². The Labute approximate surface area is 190 Å². The van der Waals surface area contributed by atoms with Gasteiger partial charge in [0.05, 0.1) is 17.3 Å². The third kappa shape index (κ3) is 4.86. The van der Waals surface area contributed by atoms with Gasteiger partial charge >= 0.3 is 0 Å². The minimum atomic E-state index is -0.144. The molecule has 0 radical (unpaired) electrons. The van der Waals surface area contributed by atoms with Gasteiger partial charge in [0.25, 0.3) is 0 Å². The number of carbonyl (C=O) groups is 2. The highest BCUT2D eigenvalue weighted by Crippen LogP contribution is 2.27. The van der Waals surface area contributed by atoms with E-state index in [9.17, 15) is 9.59 Å². The van der Waals surface area contributed by atoms with Crippen molar-refractivity contribution in [3.05, 3.63) is 63.2 Å². The molecule has 0 aromatic heterocycles. The van der Waals surface area contributed by atoms with Gasteiger partial charge in [0, 0.05) is 28.0 Å². The normalized spacial score (nSPS) is 23.3. The van der Waals surface area contributed by atoms with Gasteiger partial charge in [-0.2, -0.15) is 5.10 Å². The van der Waals surface area contributed by atoms with Gasteiger partial charge in [-0.3, -0.25) is 14.6 Å². The largest absolute Gasteiger partial charge is 0.299 e. The lowest BCUT2D eigenvalue weighted by molar-refractivity contribution is -0.122. The van der Waals surface area contributed by atoms with E-state index in [1.54, 1.807) is 0 Å². The Morgan fingerprint density at radius 3 is 2.67 bits per heavy atom. The van der Waals surface area contributed by atoms with E-state index >= 15 is 0 Å². The second-order valence-corrected chi connectivity index (χ2v) is 9.24. The Morgan fingerprint density at radius 1 is 1.13 bits per heavy atom. The second kappa shape index (κ2) is 9.20. The fraction of sp³-hybridized carbons (Fsp3) is 0.333. The van der Waals surface area contributed by atoms with E-state index in [-0.39, 0.29) is 23.5 Å². The van der Waals surface area contributed by atoms with Crippen LogP contribution in [0.25, 0.3) is 0 Å². The Bertz CT molecular complexity index is 1030. The summed E-state index contributed by atoms with van der Waals surface area (Å²) in [4.78, 5) is 29.0. The molecule has 0 bridgehead atoms. The Kier molecular flexibility index (Phi) is 6.41. The van der Waals surface area contributed by atoms with Gasteiger partial charge in [0.1, 0.15) is 5.78 Å². The molecular formula is C24H24IN3O2. The van der Waals surface area contributed by atoms with Crippen LogP contribution in [0.2, 0.25) is 0 Å². The van der Waals surface area contributed by atoms with E-state index in [1.807, 2.05) is 37.3 Å². The van der Waals surface area contributed by atoms with Crippen molar-refractivity contribution < 1.29 is 9.59 Å².